The van der Waals surface area contributed by atoms with E-state index in [0.717, 1.165) is 29.8 Å². The lowest BCUT2D eigenvalue weighted by atomic mass is 10.00. The molecule has 5 heterocycles. The van der Waals surface area contributed by atoms with Crippen LogP contribution in [0.5, 0.6) is 0 Å². The summed E-state index contributed by atoms with van der Waals surface area (Å²) in [5.41, 5.74) is -1.22. The summed E-state index contributed by atoms with van der Waals surface area (Å²) in [6.07, 6.45) is 1.66. The van der Waals surface area contributed by atoms with E-state index in [2.05, 4.69) is 30.8 Å². The van der Waals surface area contributed by atoms with Gasteiger partial charge in [-0.15, -0.1) is 13.2 Å². The second-order valence-electron chi connectivity index (χ2n) is 13.4. The molecule has 5 aromatic rings. The number of halogens is 3. The van der Waals surface area contributed by atoms with Crippen LogP contribution in [0, 0.1) is 5.92 Å². The number of alkyl halides is 3. The monoisotopic (exact) mass is 655 g/mol. The molecular weight excluding hydrogens is 617 g/mol. The molecule has 7 rings (SSSR count). The number of nitrogens with zero attached hydrogens (tertiary/aromatic N) is 8. The van der Waals surface area contributed by atoms with E-state index in [9.17, 15) is 27.9 Å². The van der Waals surface area contributed by atoms with Crippen molar-refractivity contribution in [2.45, 2.75) is 82.9 Å². The van der Waals surface area contributed by atoms with Gasteiger partial charge in [0, 0.05) is 46.4 Å². The van der Waals surface area contributed by atoms with E-state index in [0.29, 0.717) is 30.3 Å². The molecule has 0 aliphatic heterocycles. The van der Waals surface area contributed by atoms with Crippen molar-refractivity contribution >= 4 is 39.6 Å². The Kier molecular flexibility index (Phi) is 6.21. The van der Waals surface area contributed by atoms with Crippen molar-refractivity contribution in [1.82, 2.24) is 44.0 Å². The lowest BCUT2D eigenvalue weighted by Gasteiger charge is -2.26. The first kappa shape index (κ1) is 27.4. The maximum Gasteiger partial charge on any atom is 0.504 e. The molecule has 2 aliphatic rings. The van der Waals surface area contributed by atoms with E-state index < -0.39 is 36.1 Å². The summed E-state index contributed by atoms with van der Waals surface area (Å²) in [6.45, 7) is 2.31. The first-order valence-electron chi connectivity index (χ1n) is 16.7. The highest BCUT2D eigenvalue weighted by Gasteiger charge is 2.41. The summed E-state index contributed by atoms with van der Waals surface area (Å²) >= 11 is 0. The molecule has 0 saturated heterocycles. The number of nitrogens with one attached hydrogen (secondary N) is 2. The molecule has 248 valence electrons. The SMILES string of the molecule is [2H]C([2H])([2H])n1c(=O)n([C@@H]2CC[C@](C)(NC(=O)C3CC3)C2)c2cc(Nc3ccc4c(n3)c(-c3cnn(C(F)(F)F)c3)nn4CC(C)(C)O)ncc21. The quantitative estimate of drug-likeness (QED) is 0.224. The lowest BCUT2D eigenvalue weighted by molar-refractivity contribution is -0.212. The van der Waals surface area contributed by atoms with Crippen molar-refractivity contribution in [2.75, 3.05) is 5.32 Å². The predicted octanol–water partition coefficient (Wildman–Crippen LogP) is 4.34. The van der Waals surface area contributed by atoms with Gasteiger partial charge in [0.2, 0.25) is 5.91 Å². The average Bonchev–Trinajstić information content (AvgIpc) is 3.29. The highest BCUT2D eigenvalue weighted by atomic mass is 19.4. The van der Waals surface area contributed by atoms with Crippen molar-refractivity contribution < 1.29 is 27.2 Å². The van der Waals surface area contributed by atoms with Crippen LogP contribution >= 0.6 is 0 Å². The zero-order valence-electron chi connectivity index (χ0n) is 28.8. The molecule has 0 radical (unpaired) electrons. The minimum atomic E-state index is -4.74. The summed E-state index contributed by atoms with van der Waals surface area (Å²) in [4.78, 5) is 35.3. The van der Waals surface area contributed by atoms with Crippen LogP contribution in [0.3, 0.4) is 0 Å². The van der Waals surface area contributed by atoms with Gasteiger partial charge >= 0.3 is 12.0 Å². The fourth-order valence-corrected chi connectivity index (χ4v) is 6.35. The number of fused-ring (bicyclic) bond motifs is 2. The van der Waals surface area contributed by atoms with Crippen LogP contribution < -0.4 is 16.3 Å². The highest BCUT2D eigenvalue weighted by molar-refractivity contribution is 5.91. The van der Waals surface area contributed by atoms with E-state index >= 15 is 0 Å². The number of hydrogen-bond donors (Lipinski definition) is 3. The average molecular weight is 656 g/mol. The molecule has 5 aromatic heterocycles. The summed E-state index contributed by atoms with van der Waals surface area (Å²) in [5, 5.41) is 24.6. The number of pyridine rings is 2. The lowest BCUT2D eigenvalue weighted by Crippen LogP contribution is -2.45. The minimum Gasteiger partial charge on any atom is -0.389 e. The third kappa shape index (κ3) is 5.85. The van der Waals surface area contributed by atoms with Crippen LogP contribution in [0.25, 0.3) is 33.3 Å². The Morgan fingerprint density at radius 3 is 2.62 bits per heavy atom. The fraction of sp³-hybridized carbons (Fsp3) is 0.484. The summed E-state index contributed by atoms with van der Waals surface area (Å²) in [6, 6.07) is 4.40. The zero-order chi connectivity index (χ0) is 36.0. The van der Waals surface area contributed by atoms with Crippen LogP contribution in [0.2, 0.25) is 0 Å². The molecular formula is C31H35F3N10O3. The van der Waals surface area contributed by atoms with Gasteiger partial charge in [0.05, 0.1) is 41.1 Å². The normalized spacial score (nSPS) is 21.6. The molecule has 0 bridgehead atoms. The molecule has 1 amide bonds. The molecule has 0 unspecified atom stereocenters. The Morgan fingerprint density at radius 2 is 1.94 bits per heavy atom. The van der Waals surface area contributed by atoms with Gasteiger partial charge in [-0.2, -0.15) is 14.9 Å². The number of rotatable bonds is 8. The van der Waals surface area contributed by atoms with E-state index in [1.165, 1.54) is 15.4 Å². The number of amides is 1. The van der Waals surface area contributed by atoms with Gasteiger partial charge in [0.25, 0.3) is 0 Å². The van der Waals surface area contributed by atoms with Crippen LogP contribution in [0.4, 0.5) is 24.8 Å². The fourth-order valence-electron chi connectivity index (χ4n) is 6.35. The number of aryl methyl sites for hydroxylation is 1. The number of carbonyl (C=O) groups excluding carboxylic acids is 1. The second-order valence-corrected chi connectivity index (χ2v) is 13.4. The summed E-state index contributed by atoms with van der Waals surface area (Å²) in [7, 11) is 0. The maximum absolute atomic E-state index is 13.7. The van der Waals surface area contributed by atoms with Gasteiger partial charge in [-0.3, -0.25) is 18.6 Å². The zero-order valence-corrected chi connectivity index (χ0v) is 25.8. The second kappa shape index (κ2) is 10.7. The third-order valence-electron chi connectivity index (χ3n) is 8.72. The van der Waals surface area contributed by atoms with Crippen LogP contribution in [-0.2, 0) is 24.6 Å². The molecule has 2 saturated carbocycles. The van der Waals surface area contributed by atoms with Crippen molar-refractivity contribution in [1.29, 1.82) is 0 Å². The topological polar surface area (TPSA) is 150 Å². The number of imidazole rings is 1. The standard InChI is InChI=1S/C31H35F3N10O3/c1-29(2,47)16-42-20-7-8-23(38-26(20)25(40-42)18-13-36-43(15-18)31(32,33)34)37-24-11-21-22(14-35-24)41(4)28(46)44(21)19-9-10-30(3,12-19)39-27(45)17-5-6-17/h7-8,11,13-15,17,19,47H,5-6,9-10,12,16H2,1-4H3,(H,39,45)(H,35,37,38)/t19-,30+/m1/s1/i4D3. The van der Waals surface area contributed by atoms with Gasteiger partial charge in [0.1, 0.15) is 22.8 Å². The largest absolute Gasteiger partial charge is 0.504 e. The van der Waals surface area contributed by atoms with E-state index in [4.69, 9.17) is 4.11 Å². The van der Waals surface area contributed by atoms with Crippen LogP contribution in [0.15, 0.2) is 41.6 Å². The van der Waals surface area contributed by atoms with Gasteiger partial charge < -0.3 is 15.7 Å². The van der Waals surface area contributed by atoms with Crippen LogP contribution in [0.1, 0.15) is 63.0 Å². The van der Waals surface area contributed by atoms with Gasteiger partial charge in [-0.05, 0) is 65.0 Å². The van der Waals surface area contributed by atoms with Crippen molar-refractivity contribution in [3.63, 3.8) is 0 Å². The Hall–Kier alpha value is -4.73. The van der Waals surface area contributed by atoms with E-state index in [-0.39, 0.29) is 57.0 Å². The molecule has 2 fully saturated rings. The minimum absolute atomic E-state index is 0.00599. The number of aromatic nitrogens is 8. The Bertz CT molecular complexity index is 2190. The molecule has 3 N–H and O–H groups in total. The number of carbonyl (C=O) groups is 1. The third-order valence-corrected chi connectivity index (χ3v) is 8.72. The van der Waals surface area contributed by atoms with Crippen molar-refractivity contribution in [3.05, 3.63) is 47.3 Å². The van der Waals surface area contributed by atoms with Crippen molar-refractivity contribution in [3.8, 4) is 11.3 Å². The molecule has 13 nitrogen and oxygen atoms in total. The molecule has 0 aromatic carbocycles. The van der Waals surface area contributed by atoms with Crippen molar-refractivity contribution in [2.24, 2.45) is 12.9 Å². The molecule has 47 heavy (non-hydrogen) atoms. The first-order valence-corrected chi connectivity index (χ1v) is 15.2. The highest BCUT2D eigenvalue weighted by Crippen LogP contribution is 2.40. The maximum atomic E-state index is 13.7. The summed E-state index contributed by atoms with van der Waals surface area (Å²) in [5.74, 6) is 0.465. The molecule has 0 spiro atoms. The van der Waals surface area contributed by atoms with E-state index in [1.54, 1.807) is 32.0 Å². The Labute approximate surface area is 270 Å². The Balaban J connectivity index is 1.27. The number of hydrogen-bond acceptors (Lipinski definition) is 8. The first-order chi connectivity index (χ1) is 23.3. The van der Waals surface area contributed by atoms with Crippen LogP contribution in [-0.4, -0.2) is 60.8 Å². The smallest absolute Gasteiger partial charge is 0.389 e. The molecule has 2 atom stereocenters. The van der Waals surface area contributed by atoms with Gasteiger partial charge in [0.15, 0.2) is 0 Å². The summed E-state index contributed by atoms with van der Waals surface area (Å²) < 4.78 is 67.8. The van der Waals surface area contributed by atoms with E-state index in [1.807, 2.05) is 6.92 Å². The van der Waals surface area contributed by atoms with Gasteiger partial charge in [-0.1, -0.05) is 0 Å². The van der Waals surface area contributed by atoms with Gasteiger partial charge in [-0.25, -0.2) is 14.8 Å². The predicted molar refractivity (Wildman–Crippen MR) is 167 cm³/mol. The molecule has 2 aliphatic carbocycles. The number of anilines is 2. The molecule has 16 heteroatoms. The Morgan fingerprint density at radius 1 is 1.15 bits per heavy atom. The number of aliphatic hydroxyl groups is 1.